The van der Waals surface area contributed by atoms with Gasteiger partial charge in [-0.25, -0.2) is 4.39 Å². The molecule has 19 heavy (non-hydrogen) atoms. The third-order valence-corrected chi connectivity index (χ3v) is 4.02. The number of ether oxygens (including phenoxy) is 1. The Hall–Kier alpha value is -1.40. The third-order valence-electron chi connectivity index (χ3n) is 3.72. The second-order valence-electron chi connectivity index (χ2n) is 5.01. The lowest BCUT2D eigenvalue weighted by atomic mass is 10.2. The first-order chi connectivity index (χ1) is 9.10. The highest BCUT2D eigenvalue weighted by Crippen LogP contribution is 2.29. The van der Waals surface area contributed by atoms with Gasteiger partial charge in [0.1, 0.15) is 0 Å². The van der Waals surface area contributed by atoms with E-state index in [0.29, 0.717) is 10.8 Å². The van der Waals surface area contributed by atoms with Crippen molar-refractivity contribution in [1.29, 1.82) is 0 Å². The van der Waals surface area contributed by atoms with Gasteiger partial charge in [-0.2, -0.15) is 0 Å². The second-order valence-corrected chi connectivity index (χ2v) is 5.40. The number of aromatic nitrogens is 2. The van der Waals surface area contributed by atoms with Crippen LogP contribution in [-0.4, -0.2) is 41.7 Å². The van der Waals surface area contributed by atoms with Crippen LogP contribution < -0.4 is 4.74 Å². The molecule has 0 aliphatic carbocycles. The average molecular weight is 281 g/mol. The standard InChI is InChI=1S/C13H16FN3OS/c1-16-4-3-8(7-16)17-11-6-12(18-2)9(14)5-10(11)15-13(17)19/h5-6,8H,3-4,7H2,1-2H3,(H,15,19). The monoisotopic (exact) mass is 281 g/mol. The Morgan fingerprint density at radius 1 is 1.47 bits per heavy atom. The van der Waals surface area contributed by atoms with E-state index < -0.39 is 0 Å². The maximum absolute atomic E-state index is 13.7. The quantitative estimate of drug-likeness (QED) is 0.859. The number of fused-ring (bicyclic) bond motifs is 1. The normalized spacial score (nSPS) is 20.3. The number of H-pyrrole nitrogens is 1. The number of nitrogens with one attached hydrogen (secondary N) is 1. The Morgan fingerprint density at radius 3 is 2.89 bits per heavy atom. The molecule has 1 fully saturated rings. The van der Waals surface area contributed by atoms with Crippen LogP contribution in [0.2, 0.25) is 0 Å². The highest BCUT2D eigenvalue weighted by molar-refractivity contribution is 7.71. The highest BCUT2D eigenvalue weighted by atomic mass is 32.1. The van der Waals surface area contributed by atoms with Crippen LogP contribution in [0.5, 0.6) is 5.75 Å². The van der Waals surface area contributed by atoms with E-state index in [1.807, 2.05) is 0 Å². The summed E-state index contributed by atoms with van der Waals surface area (Å²) in [4.78, 5) is 5.34. The summed E-state index contributed by atoms with van der Waals surface area (Å²) >= 11 is 5.38. The fourth-order valence-electron chi connectivity index (χ4n) is 2.77. The molecule has 1 aromatic heterocycles. The summed E-state index contributed by atoms with van der Waals surface area (Å²) in [5.41, 5.74) is 1.63. The smallest absolute Gasteiger partial charge is 0.178 e. The second kappa shape index (κ2) is 4.61. The lowest BCUT2D eigenvalue weighted by Crippen LogP contribution is -2.16. The van der Waals surface area contributed by atoms with E-state index in [2.05, 4.69) is 21.5 Å². The fourth-order valence-corrected chi connectivity index (χ4v) is 3.13. The first-order valence-electron chi connectivity index (χ1n) is 6.26. The molecule has 1 aliphatic rings. The van der Waals surface area contributed by atoms with Gasteiger partial charge in [0.05, 0.1) is 24.2 Å². The van der Waals surface area contributed by atoms with Gasteiger partial charge < -0.3 is 19.2 Å². The Morgan fingerprint density at radius 2 is 2.26 bits per heavy atom. The molecule has 1 saturated heterocycles. The summed E-state index contributed by atoms with van der Waals surface area (Å²) in [6, 6.07) is 3.50. The van der Waals surface area contributed by atoms with Crippen molar-refractivity contribution < 1.29 is 9.13 Å². The van der Waals surface area contributed by atoms with Crippen LogP contribution in [-0.2, 0) is 0 Å². The zero-order chi connectivity index (χ0) is 13.6. The fraction of sp³-hybridized carbons (Fsp3) is 0.462. The van der Waals surface area contributed by atoms with Gasteiger partial charge in [0, 0.05) is 18.7 Å². The number of hydrogen-bond acceptors (Lipinski definition) is 3. The summed E-state index contributed by atoms with van der Waals surface area (Å²) in [5.74, 6) is -0.122. The number of imidazole rings is 1. The largest absolute Gasteiger partial charge is 0.494 e. The molecule has 1 atom stereocenters. The summed E-state index contributed by atoms with van der Waals surface area (Å²) in [7, 11) is 3.57. The van der Waals surface area contributed by atoms with Gasteiger partial charge in [-0.05, 0) is 32.2 Å². The van der Waals surface area contributed by atoms with Crippen LogP contribution in [0.1, 0.15) is 12.5 Å². The van der Waals surface area contributed by atoms with Crippen molar-refractivity contribution in [2.45, 2.75) is 12.5 Å². The molecule has 0 amide bonds. The van der Waals surface area contributed by atoms with E-state index in [1.165, 1.54) is 13.2 Å². The topological polar surface area (TPSA) is 33.2 Å². The van der Waals surface area contributed by atoms with Crippen LogP contribution >= 0.6 is 12.2 Å². The zero-order valence-electron chi connectivity index (χ0n) is 10.9. The minimum Gasteiger partial charge on any atom is -0.494 e. The molecule has 1 unspecified atom stereocenters. The van der Waals surface area contributed by atoms with Crippen molar-refractivity contribution in [2.75, 3.05) is 27.2 Å². The van der Waals surface area contributed by atoms with Crippen LogP contribution in [0.4, 0.5) is 4.39 Å². The number of nitrogens with zero attached hydrogens (tertiary/aromatic N) is 2. The zero-order valence-corrected chi connectivity index (χ0v) is 11.8. The number of hydrogen-bond donors (Lipinski definition) is 1. The van der Waals surface area contributed by atoms with Crippen molar-refractivity contribution in [2.24, 2.45) is 0 Å². The number of likely N-dealkylation sites (tertiary alicyclic amines) is 1. The Balaban J connectivity index is 2.18. The summed E-state index contributed by atoms with van der Waals surface area (Å²) in [6.45, 7) is 2.01. The van der Waals surface area contributed by atoms with E-state index in [9.17, 15) is 4.39 Å². The van der Waals surface area contributed by atoms with Gasteiger partial charge in [-0.1, -0.05) is 0 Å². The average Bonchev–Trinajstić information content (AvgIpc) is 2.90. The molecular weight excluding hydrogens is 265 g/mol. The molecule has 3 rings (SSSR count). The van der Waals surface area contributed by atoms with Crippen LogP contribution in [0.15, 0.2) is 12.1 Å². The maximum Gasteiger partial charge on any atom is 0.178 e. The summed E-state index contributed by atoms with van der Waals surface area (Å²) in [5, 5.41) is 0. The molecule has 0 spiro atoms. The lowest BCUT2D eigenvalue weighted by molar-refractivity contribution is 0.386. The van der Waals surface area contributed by atoms with E-state index in [-0.39, 0.29) is 11.6 Å². The minimum absolute atomic E-state index is 0.251. The van der Waals surface area contributed by atoms with Crippen LogP contribution in [0, 0.1) is 10.6 Å². The van der Waals surface area contributed by atoms with Gasteiger partial charge in [-0.15, -0.1) is 0 Å². The number of methoxy groups -OCH3 is 1. The number of benzene rings is 1. The SMILES string of the molecule is COc1cc2c(cc1F)[nH]c(=S)n2C1CCN(C)C1. The van der Waals surface area contributed by atoms with E-state index >= 15 is 0 Å². The predicted molar refractivity (Wildman–Crippen MR) is 74.8 cm³/mol. The van der Waals surface area contributed by atoms with Gasteiger partial charge in [-0.3, -0.25) is 0 Å². The van der Waals surface area contributed by atoms with Gasteiger partial charge >= 0.3 is 0 Å². The molecule has 102 valence electrons. The predicted octanol–water partition coefficient (Wildman–Crippen LogP) is 2.72. The van der Waals surface area contributed by atoms with Crippen LogP contribution in [0.3, 0.4) is 0 Å². The van der Waals surface area contributed by atoms with E-state index in [4.69, 9.17) is 17.0 Å². The van der Waals surface area contributed by atoms with Crippen molar-refractivity contribution in [1.82, 2.24) is 14.5 Å². The first-order valence-corrected chi connectivity index (χ1v) is 6.67. The van der Waals surface area contributed by atoms with Crippen LogP contribution in [0.25, 0.3) is 11.0 Å². The molecule has 2 aromatic rings. The first kappa shape index (κ1) is 12.6. The van der Waals surface area contributed by atoms with Crippen molar-refractivity contribution in [3.05, 3.63) is 22.7 Å². The van der Waals surface area contributed by atoms with Crippen molar-refractivity contribution in [3.63, 3.8) is 0 Å². The molecule has 6 heteroatoms. The molecule has 4 nitrogen and oxygen atoms in total. The molecule has 0 saturated carbocycles. The number of aromatic amines is 1. The highest BCUT2D eigenvalue weighted by Gasteiger charge is 2.24. The Labute approximate surface area is 115 Å². The Bertz CT molecular complexity index is 678. The molecular formula is C13H16FN3OS. The molecule has 1 aromatic carbocycles. The number of rotatable bonds is 2. The lowest BCUT2D eigenvalue weighted by Gasteiger charge is -2.14. The molecule has 1 N–H and O–H groups in total. The van der Waals surface area contributed by atoms with Gasteiger partial charge in [0.2, 0.25) is 0 Å². The van der Waals surface area contributed by atoms with Gasteiger partial charge in [0.15, 0.2) is 16.3 Å². The van der Waals surface area contributed by atoms with E-state index in [1.54, 1.807) is 6.07 Å². The van der Waals surface area contributed by atoms with E-state index in [0.717, 1.165) is 30.5 Å². The molecule has 2 heterocycles. The third kappa shape index (κ3) is 2.04. The van der Waals surface area contributed by atoms with Crippen molar-refractivity contribution >= 4 is 23.3 Å². The summed E-state index contributed by atoms with van der Waals surface area (Å²) < 4.78 is 21.5. The molecule has 0 bridgehead atoms. The minimum atomic E-state index is -0.373. The number of likely N-dealkylation sites (N-methyl/N-ethyl adjacent to an activating group) is 1. The molecule has 1 aliphatic heterocycles. The maximum atomic E-state index is 13.7. The van der Waals surface area contributed by atoms with Crippen molar-refractivity contribution in [3.8, 4) is 5.75 Å². The number of halogens is 1. The summed E-state index contributed by atoms with van der Waals surface area (Å²) in [6.07, 6.45) is 1.05. The Kier molecular flexibility index (Phi) is 3.06. The molecule has 0 radical (unpaired) electrons. The van der Waals surface area contributed by atoms with Gasteiger partial charge in [0.25, 0.3) is 0 Å².